The molecule has 1 aliphatic heterocycles. The fourth-order valence-electron chi connectivity index (χ4n) is 2.72. The molecule has 0 bridgehead atoms. The lowest BCUT2D eigenvalue weighted by molar-refractivity contribution is 0.0366. The highest BCUT2D eigenvalue weighted by Crippen LogP contribution is 2.23. The Hall–Kier alpha value is -1.06. The second-order valence-corrected chi connectivity index (χ2v) is 5.90. The Balaban J connectivity index is 2.01. The monoisotopic (exact) mass is 263 g/mol. The number of hydrogen-bond acceptors (Lipinski definition) is 3. The molecule has 2 rings (SSSR count). The molecule has 3 heteroatoms. The summed E-state index contributed by atoms with van der Waals surface area (Å²) in [7, 11) is 2.12. The number of likely N-dealkylation sites (tertiary alicyclic amines) is 1. The van der Waals surface area contributed by atoms with E-state index in [0.29, 0.717) is 5.92 Å². The molecule has 0 aromatic heterocycles. The van der Waals surface area contributed by atoms with Crippen LogP contribution in [-0.2, 0) is 6.42 Å². The summed E-state index contributed by atoms with van der Waals surface area (Å²) in [5, 5.41) is 10.1. The van der Waals surface area contributed by atoms with E-state index in [4.69, 9.17) is 4.74 Å². The van der Waals surface area contributed by atoms with E-state index in [2.05, 4.69) is 24.1 Å². The Morgan fingerprint density at radius 1 is 1.42 bits per heavy atom. The zero-order valence-corrected chi connectivity index (χ0v) is 12.2. The molecule has 0 aliphatic carbocycles. The molecule has 1 aliphatic rings. The molecule has 0 spiro atoms. The highest BCUT2D eigenvalue weighted by atomic mass is 16.5. The fraction of sp³-hybridized carbons (Fsp3) is 0.625. The summed E-state index contributed by atoms with van der Waals surface area (Å²) in [6, 6.07) is 8.24. The molecule has 1 saturated heterocycles. The maximum atomic E-state index is 10.1. The van der Waals surface area contributed by atoms with Crippen LogP contribution >= 0.6 is 0 Å². The van der Waals surface area contributed by atoms with Gasteiger partial charge in [0, 0.05) is 19.0 Å². The minimum Gasteiger partial charge on any atom is -0.491 e. The predicted molar refractivity (Wildman–Crippen MR) is 77.5 cm³/mol. The lowest BCUT2D eigenvalue weighted by atomic mass is 9.89. The van der Waals surface area contributed by atoms with E-state index >= 15 is 0 Å². The maximum absolute atomic E-state index is 10.1. The summed E-state index contributed by atoms with van der Waals surface area (Å²) in [6.45, 7) is 6.03. The third-order valence-electron chi connectivity index (χ3n) is 3.67. The van der Waals surface area contributed by atoms with Gasteiger partial charge in [-0.3, -0.25) is 0 Å². The highest BCUT2D eigenvalue weighted by molar-refractivity contribution is 5.29. The van der Waals surface area contributed by atoms with Crippen LogP contribution < -0.4 is 4.74 Å². The number of hydrogen-bond donors (Lipinski definition) is 1. The average Bonchev–Trinajstić information content (AvgIpc) is 2.33. The van der Waals surface area contributed by atoms with Gasteiger partial charge in [-0.25, -0.2) is 0 Å². The van der Waals surface area contributed by atoms with Gasteiger partial charge in [0.1, 0.15) is 5.75 Å². The van der Waals surface area contributed by atoms with Crippen molar-refractivity contribution in [2.24, 2.45) is 5.92 Å². The number of aliphatic hydroxyl groups excluding tert-OH is 1. The minimum atomic E-state index is -0.175. The van der Waals surface area contributed by atoms with Crippen LogP contribution in [0.2, 0.25) is 0 Å². The van der Waals surface area contributed by atoms with E-state index in [0.717, 1.165) is 31.7 Å². The first kappa shape index (κ1) is 14.4. The van der Waals surface area contributed by atoms with Gasteiger partial charge in [0.15, 0.2) is 0 Å². The Bertz CT molecular complexity index is 405. The molecule has 19 heavy (non-hydrogen) atoms. The Morgan fingerprint density at radius 2 is 2.21 bits per heavy atom. The van der Waals surface area contributed by atoms with Crippen LogP contribution in [0.4, 0.5) is 0 Å². The number of aliphatic hydroxyl groups is 1. The first-order valence-corrected chi connectivity index (χ1v) is 7.17. The quantitative estimate of drug-likeness (QED) is 0.905. The molecule has 0 radical (unpaired) electrons. The molecule has 1 N–H and O–H groups in total. The number of ether oxygens (including phenoxy) is 1. The van der Waals surface area contributed by atoms with Gasteiger partial charge >= 0.3 is 0 Å². The Kier molecular flexibility index (Phi) is 4.83. The zero-order chi connectivity index (χ0) is 13.8. The first-order chi connectivity index (χ1) is 9.04. The van der Waals surface area contributed by atoms with E-state index in [9.17, 15) is 5.11 Å². The van der Waals surface area contributed by atoms with Gasteiger partial charge in [0.2, 0.25) is 0 Å². The van der Waals surface area contributed by atoms with Crippen molar-refractivity contribution < 1.29 is 9.84 Å². The van der Waals surface area contributed by atoms with Crippen molar-refractivity contribution in [3.8, 4) is 5.75 Å². The van der Waals surface area contributed by atoms with Gasteiger partial charge in [-0.15, -0.1) is 0 Å². The number of benzene rings is 1. The Labute approximate surface area is 116 Å². The molecule has 1 aromatic carbocycles. The molecular weight excluding hydrogens is 238 g/mol. The van der Waals surface area contributed by atoms with Crippen molar-refractivity contribution >= 4 is 0 Å². The van der Waals surface area contributed by atoms with Gasteiger partial charge in [0.05, 0.1) is 12.2 Å². The van der Waals surface area contributed by atoms with Crippen molar-refractivity contribution in [2.75, 3.05) is 20.1 Å². The van der Waals surface area contributed by atoms with Gasteiger partial charge in [-0.2, -0.15) is 0 Å². The topological polar surface area (TPSA) is 32.7 Å². The third-order valence-corrected chi connectivity index (χ3v) is 3.67. The maximum Gasteiger partial charge on any atom is 0.119 e. The zero-order valence-electron chi connectivity index (χ0n) is 12.2. The molecular formula is C16H25NO2. The summed E-state index contributed by atoms with van der Waals surface area (Å²) in [6.07, 6.45) is 1.82. The van der Waals surface area contributed by atoms with Crippen molar-refractivity contribution in [1.82, 2.24) is 4.90 Å². The van der Waals surface area contributed by atoms with E-state index in [1.165, 1.54) is 5.56 Å². The summed E-state index contributed by atoms with van der Waals surface area (Å²) in [5.41, 5.74) is 1.25. The first-order valence-electron chi connectivity index (χ1n) is 7.17. The fourth-order valence-corrected chi connectivity index (χ4v) is 2.72. The van der Waals surface area contributed by atoms with E-state index in [-0.39, 0.29) is 12.2 Å². The second kappa shape index (κ2) is 6.40. The van der Waals surface area contributed by atoms with Crippen LogP contribution in [0.25, 0.3) is 0 Å². The molecule has 2 atom stereocenters. The van der Waals surface area contributed by atoms with Crippen LogP contribution in [0.5, 0.6) is 5.75 Å². The number of rotatable bonds is 4. The van der Waals surface area contributed by atoms with Crippen molar-refractivity contribution in [2.45, 2.75) is 38.9 Å². The van der Waals surface area contributed by atoms with Crippen molar-refractivity contribution in [1.29, 1.82) is 0 Å². The van der Waals surface area contributed by atoms with Crippen LogP contribution in [-0.4, -0.2) is 42.4 Å². The van der Waals surface area contributed by atoms with Crippen molar-refractivity contribution in [3.63, 3.8) is 0 Å². The van der Waals surface area contributed by atoms with Crippen LogP contribution in [0.3, 0.4) is 0 Å². The number of nitrogens with zero attached hydrogens (tertiary/aromatic N) is 1. The normalized spacial score (nSPS) is 24.7. The minimum absolute atomic E-state index is 0.175. The molecule has 106 valence electrons. The third kappa shape index (κ3) is 4.22. The standard InChI is InChI=1S/C16H25NO2/c1-12(2)19-15-6-4-5-13(10-15)9-14-11-17(3)8-7-16(14)18/h4-6,10,12,14,16,18H,7-9,11H2,1-3H3. The lowest BCUT2D eigenvalue weighted by Gasteiger charge is -2.34. The number of piperidine rings is 1. The van der Waals surface area contributed by atoms with E-state index < -0.39 is 0 Å². The van der Waals surface area contributed by atoms with E-state index in [1.807, 2.05) is 26.0 Å². The average molecular weight is 263 g/mol. The van der Waals surface area contributed by atoms with Gasteiger partial charge < -0.3 is 14.7 Å². The smallest absolute Gasteiger partial charge is 0.119 e. The molecule has 1 aromatic rings. The highest BCUT2D eigenvalue weighted by Gasteiger charge is 2.26. The summed E-state index contributed by atoms with van der Waals surface area (Å²) >= 11 is 0. The Morgan fingerprint density at radius 3 is 2.95 bits per heavy atom. The van der Waals surface area contributed by atoms with Crippen LogP contribution in [0.1, 0.15) is 25.8 Å². The molecule has 2 unspecified atom stereocenters. The van der Waals surface area contributed by atoms with Gasteiger partial charge in [-0.1, -0.05) is 12.1 Å². The summed E-state index contributed by atoms with van der Waals surface area (Å²) in [4.78, 5) is 2.30. The lowest BCUT2D eigenvalue weighted by Crippen LogP contribution is -2.41. The van der Waals surface area contributed by atoms with Crippen LogP contribution in [0.15, 0.2) is 24.3 Å². The molecule has 0 saturated carbocycles. The van der Waals surface area contributed by atoms with Gasteiger partial charge in [0.25, 0.3) is 0 Å². The molecule has 1 fully saturated rings. The SMILES string of the molecule is CC(C)Oc1cccc(CC2CN(C)CCC2O)c1. The van der Waals surface area contributed by atoms with Crippen molar-refractivity contribution in [3.05, 3.63) is 29.8 Å². The van der Waals surface area contributed by atoms with Crippen LogP contribution in [0, 0.1) is 5.92 Å². The molecule has 1 heterocycles. The molecule has 3 nitrogen and oxygen atoms in total. The summed E-state index contributed by atoms with van der Waals surface area (Å²) in [5.74, 6) is 1.25. The second-order valence-electron chi connectivity index (χ2n) is 5.90. The largest absolute Gasteiger partial charge is 0.491 e. The van der Waals surface area contributed by atoms with Gasteiger partial charge in [-0.05, 0) is 51.4 Å². The predicted octanol–water partition coefficient (Wildman–Crippen LogP) is 2.33. The molecule has 0 amide bonds. The van der Waals surface area contributed by atoms with E-state index in [1.54, 1.807) is 0 Å². The summed E-state index contributed by atoms with van der Waals surface area (Å²) < 4.78 is 5.72.